The zero-order valence-electron chi connectivity index (χ0n) is 24.1. The predicted octanol–water partition coefficient (Wildman–Crippen LogP) is 4.23. The largest absolute Gasteiger partial charge is 0.392 e. The maximum absolute atomic E-state index is 12.8. The van der Waals surface area contributed by atoms with Gasteiger partial charge in [-0.1, -0.05) is 43.3 Å². The number of amides is 1. The molecule has 43 heavy (non-hydrogen) atoms. The summed E-state index contributed by atoms with van der Waals surface area (Å²) in [6.45, 7) is 6.36. The first-order chi connectivity index (χ1) is 21.1. The molecule has 0 radical (unpaired) electrons. The van der Waals surface area contributed by atoms with Crippen LogP contribution >= 0.6 is 0 Å². The standard InChI is InChI=1S/C33H36N6O4/c1-23-29(21-38-15-17-39(18-16-38)33-35-13-4-14-36-33)42-32(43-30(23)25-10-8-24(22-40)9-11-25)26-5-2-7-28(19-26)37-31(41)27-6-3-12-34-20-27/h2-14,19-20,23,29-30,32,40H,15-18,21-22H2,1H3,(H,37,41)/t23-,29+,30+,32+/m1/s1. The number of ether oxygens (including phenoxy) is 2. The second-order valence-electron chi connectivity index (χ2n) is 11.0. The highest BCUT2D eigenvalue weighted by atomic mass is 16.7. The minimum atomic E-state index is -0.627. The Balaban J connectivity index is 1.20. The van der Waals surface area contributed by atoms with Crippen molar-refractivity contribution in [2.75, 3.05) is 42.9 Å². The molecule has 222 valence electrons. The van der Waals surface area contributed by atoms with Crippen LogP contribution in [0, 0.1) is 5.92 Å². The van der Waals surface area contributed by atoms with E-state index >= 15 is 0 Å². The molecule has 2 aliphatic heterocycles. The Morgan fingerprint density at radius 3 is 2.44 bits per heavy atom. The van der Waals surface area contributed by atoms with Crippen molar-refractivity contribution in [1.82, 2.24) is 19.9 Å². The zero-order chi connectivity index (χ0) is 29.6. The lowest BCUT2D eigenvalue weighted by Crippen LogP contribution is -2.51. The summed E-state index contributed by atoms with van der Waals surface area (Å²) in [5.41, 5.74) is 3.85. The molecule has 10 heteroatoms. The molecular formula is C33H36N6O4. The van der Waals surface area contributed by atoms with Gasteiger partial charge < -0.3 is 24.8 Å². The summed E-state index contributed by atoms with van der Waals surface area (Å²) < 4.78 is 13.3. The molecule has 0 unspecified atom stereocenters. The van der Waals surface area contributed by atoms with Crippen molar-refractivity contribution in [2.45, 2.75) is 32.0 Å². The number of hydrogen-bond donors (Lipinski definition) is 2. The molecule has 2 N–H and O–H groups in total. The highest BCUT2D eigenvalue weighted by molar-refractivity contribution is 6.04. The number of pyridine rings is 1. The molecule has 10 nitrogen and oxygen atoms in total. The van der Waals surface area contributed by atoms with Gasteiger partial charge in [0.2, 0.25) is 5.95 Å². The van der Waals surface area contributed by atoms with Gasteiger partial charge in [0.25, 0.3) is 5.91 Å². The van der Waals surface area contributed by atoms with E-state index < -0.39 is 6.29 Å². The highest BCUT2D eigenvalue weighted by Gasteiger charge is 2.39. The third kappa shape index (κ3) is 6.89. The fourth-order valence-electron chi connectivity index (χ4n) is 5.63. The quantitative estimate of drug-likeness (QED) is 0.316. The molecule has 4 heterocycles. The number of anilines is 2. The first-order valence-electron chi connectivity index (χ1n) is 14.6. The Kier molecular flexibility index (Phi) is 8.99. The number of rotatable bonds is 8. The van der Waals surface area contributed by atoms with E-state index in [1.165, 1.54) is 6.20 Å². The first kappa shape index (κ1) is 28.9. The van der Waals surface area contributed by atoms with E-state index in [4.69, 9.17) is 9.47 Å². The highest BCUT2D eigenvalue weighted by Crippen LogP contribution is 2.42. The minimum absolute atomic E-state index is 0.00667. The molecule has 0 spiro atoms. The summed E-state index contributed by atoms with van der Waals surface area (Å²) in [6, 6.07) is 20.8. The third-order valence-corrected chi connectivity index (χ3v) is 8.11. The fourth-order valence-corrected chi connectivity index (χ4v) is 5.63. The lowest BCUT2D eigenvalue weighted by atomic mass is 9.90. The van der Waals surface area contributed by atoms with Gasteiger partial charge in [-0.05, 0) is 41.5 Å². The Morgan fingerprint density at radius 1 is 0.930 bits per heavy atom. The molecule has 2 aliphatic rings. The lowest BCUT2D eigenvalue weighted by Gasteiger charge is -2.44. The van der Waals surface area contributed by atoms with Crippen molar-refractivity contribution in [3.05, 3.63) is 114 Å². The Hall–Kier alpha value is -4.22. The molecule has 0 saturated carbocycles. The number of carbonyl (C=O) groups excluding carboxylic acids is 1. The smallest absolute Gasteiger partial charge is 0.257 e. The van der Waals surface area contributed by atoms with Crippen molar-refractivity contribution in [2.24, 2.45) is 5.92 Å². The summed E-state index contributed by atoms with van der Waals surface area (Å²) >= 11 is 0. The van der Waals surface area contributed by atoms with Gasteiger partial charge in [0, 0.05) is 74.7 Å². The average molecular weight is 581 g/mol. The van der Waals surface area contributed by atoms with Crippen molar-refractivity contribution in [3.63, 3.8) is 0 Å². The van der Waals surface area contributed by atoms with Gasteiger partial charge in [0.15, 0.2) is 6.29 Å². The molecule has 2 saturated heterocycles. The van der Waals surface area contributed by atoms with E-state index in [0.29, 0.717) is 11.3 Å². The Morgan fingerprint density at radius 2 is 1.72 bits per heavy atom. The number of aliphatic hydroxyl groups excluding tert-OH is 1. The molecular weight excluding hydrogens is 544 g/mol. The SMILES string of the molecule is C[C@@H]1[C@H](CN2CCN(c3ncccn3)CC2)O[C@H](c2cccc(NC(=O)c3cccnc3)c2)O[C@@H]1c1ccc(CO)cc1. The molecule has 2 aromatic heterocycles. The Labute approximate surface area is 251 Å². The van der Waals surface area contributed by atoms with E-state index in [9.17, 15) is 9.90 Å². The van der Waals surface area contributed by atoms with Crippen LogP contribution in [0.15, 0.2) is 91.5 Å². The summed E-state index contributed by atoms with van der Waals surface area (Å²) in [7, 11) is 0. The average Bonchev–Trinajstić information content (AvgIpc) is 3.07. The molecule has 4 aromatic rings. The van der Waals surface area contributed by atoms with Crippen molar-refractivity contribution in [1.29, 1.82) is 0 Å². The summed E-state index contributed by atoms with van der Waals surface area (Å²) in [5, 5.41) is 12.5. The van der Waals surface area contributed by atoms with Gasteiger partial charge in [-0.2, -0.15) is 0 Å². The van der Waals surface area contributed by atoms with Gasteiger partial charge in [0.05, 0.1) is 24.4 Å². The van der Waals surface area contributed by atoms with Gasteiger partial charge in [-0.3, -0.25) is 14.7 Å². The predicted molar refractivity (Wildman–Crippen MR) is 162 cm³/mol. The molecule has 4 atom stereocenters. The molecule has 0 bridgehead atoms. The van der Waals surface area contributed by atoms with Gasteiger partial charge >= 0.3 is 0 Å². The number of hydrogen-bond acceptors (Lipinski definition) is 9. The third-order valence-electron chi connectivity index (χ3n) is 8.11. The number of piperazine rings is 1. The van der Waals surface area contributed by atoms with E-state index in [1.54, 1.807) is 30.7 Å². The van der Waals surface area contributed by atoms with E-state index in [1.807, 2.05) is 54.6 Å². The van der Waals surface area contributed by atoms with Crippen molar-refractivity contribution >= 4 is 17.5 Å². The van der Waals surface area contributed by atoms with E-state index in [0.717, 1.165) is 55.4 Å². The second-order valence-corrected chi connectivity index (χ2v) is 11.0. The van der Waals surface area contributed by atoms with Crippen LogP contribution in [0.5, 0.6) is 0 Å². The van der Waals surface area contributed by atoms with Gasteiger partial charge in [-0.25, -0.2) is 9.97 Å². The number of nitrogens with one attached hydrogen (secondary N) is 1. The van der Waals surface area contributed by atoms with Crippen LogP contribution in [-0.2, 0) is 16.1 Å². The van der Waals surface area contributed by atoms with Crippen LogP contribution in [0.3, 0.4) is 0 Å². The topological polar surface area (TPSA) is 113 Å². The summed E-state index contributed by atoms with van der Waals surface area (Å²) in [5.74, 6) is 0.601. The molecule has 6 rings (SSSR count). The number of aromatic nitrogens is 3. The fraction of sp³-hybridized carbons (Fsp3) is 0.333. The normalized spacial score (nSPS) is 22.7. The van der Waals surface area contributed by atoms with Crippen LogP contribution in [-0.4, -0.2) is 69.7 Å². The molecule has 2 aromatic carbocycles. The maximum Gasteiger partial charge on any atom is 0.257 e. The summed E-state index contributed by atoms with van der Waals surface area (Å²) in [6.07, 6.45) is 5.78. The van der Waals surface area contributed by atoms with Gasteiger partial charge in [0.1, 0.15) is 0 Å². The van der Waals surface area contributed by atoms with Crippen molar-refractivity contribution < 1.29 is 19.4 Å². The molecule has 0 aliphatic carbocycles. The van der Waals surface area contributed by atoms with Gasteiger partial charge in [-0.15, -0.1) is 0 Å². The van der Waals surface area contributed by atoms with Crippen LogP contribution in [0.4, 0.5) is 11.6 Å². The maximum atomic E-state index is 12.8. The Bertz CT molecular complexity index is 1480. The van der Waals surface area contributed by atoms with Crippen LogP contribution in [0.1, 0.15) is 46.4 Å². The lowest BCUT2D eigenvalue weighted by molar-refractivity contribution is -0.276. The molecule has 1 amide bonds. The minimum Gasteiger partial charge on any atom is -0.392 e. The second kappa shape index (κ2) is 13.4. The monoisotopic (exact) mass is 580 g/mol. The number of aliphatic hydroxyl groups is 1. The first-order valence-corrected chi connectivity index (χ1v) is 14.6. The van der Waals surface area contributed by atoms with Crippen LogP contribution in [0.25, 0.3) is 0 Å². The van der Waals surface area contributed by atoms with Crippen LogP contribution < -0.4 is 10.2 Å². The number of benzene rings is 2. The van der Waals surface area contributed by atoms with Crippen molar-refractivity contribution in [3.8, 4) is 0 Å². The number of nitrogens with zero attached hydrogens (tertiary/aromatic N) is 5. The van der Waals surface area contributed by atoms with Crippen LogP contribution in [0.2, 0.25) is 0 Å². The molecule has 2 fully saturated rings. The van der Waals surface area contributed by atoms with E-state index in [2.05, 4.69) is 37.0 Å². The number of carbonyl (C=O) groups is 1. The zero-order valence-corrected chi connectivity index (χ0v) is 24.1. The summed E-state index contributed by atoms with van der Waals surface area (Å²) in [4.78, 5) is 30.3. The van der Waals surface area contributed by atoms with E-state index in [-0.39, 0.29) is 30.6 Å².